The molecule has 1 aliphatic heterocycles. The van der Waals surface area contributed by atoms with Gasteiger partial charge in [-0.15, -0.1) is 0 Å². The summed E-state index contributed by atoms with van der Waals surface area (Å²) < 4.78 is 6.47. The van der Waals surface area contributed by atoms with E-state index in [9.17, 15) is 0 Å². The van der Waals surface area contributed by atoms with E-state index in [0.29, 0.717) is 18.8 Å². The third kappa shape index (κ3) is 5.56. The van der Waals surface area contributed by atoms with Crippen LogP contribution in [0.1, 0.15) is 38.9 Å². The van der Waals surface area contributed by atoms with Crippen LogP contribution in [-0.4, -0.2) is 12.3 Å². The normalized spacial score (nSPS) is 14.5. The van der Waals surface area contributed by atoms with Gasteiger partial charge in [0.25, 0.3) is 0 Å². The van der Waals surface area contributed by atoms with Crippen molar-refractivity contribution in [1.82, 2.24) is 0 Å². The third-order valence-electron chi connectivity index (χ3n) is 9.63. The molecule has 1 aliphatic carbocycles. The van der Waals surface area contributed by atoms with Gasteiger partial charge in [0.1, 0.15) is 11.5 Å². The number of hydrogen-bond acceptors (Lipinski definition) is 4. The van der Waals surface area contributed by atoms with Crippen LogP contribution in [0.25, 0.3) is 22.9 Å². The Morgan fingerprint density at radius 3 is 1.90 bits per heavy atom. The summed E-state index contributed by atoms with van der Waals surface area (Å²) in [4.78, 5) is 5.04. The molecule has 6 aromatic rings. The number of hydrogen-bond donors (Lipinski definition) is 2. The smallest absolute Gasteiger partial charge is 0.132 e. The minimum absolute atomic E-state index is 0.467. The van der Waals surface area contributed by atoms with Crippen LogP contribution in [0.2, 0.25) is 0 Å². The molecule has 0 saturated carbocycles. The molecule has 0 bridgehead atoms. The number of nitrogens with zero attached hydrogens (tertiary/aromatic N) is 1. The Hall–Kier alpha value is -6.23. The van der Waals surface area contributed by atoms with E-state index in [0.717, 1.165) is 56.2 Å². The maximum absolute atomic E-state index is 6.52. The lowest BCUT2D eigenvalue weighted by molar-refractivity contribution is 0.436. The van der Waals surface area contributed by atoms with Crippen molar-refractivity contribution in [3.63, 3.8) is 0 Å². The number of para-hydroxylation sites is 2. The zero-order valence-electron chi connectivity index (χ0n) is 27.7. The fraction of sp³-hybridized carbons (Fsp3) is 0.0652. The predicted molar refractivity (Wildman–Crippen MR) is 206 cm³/mol. The summed E-state index contributed by atoms with van der Waals surface area (Å²) in [5, 5.41) is 0. The van der Waals surface area contributed by atoms with Crippen LogP contribution < -0.4 is 16.2 Å². The molecular formula is C46H37N3O. The Kier molecular flexibility index (Phi) is 8.29. The minimum Gasteiger partial charge on any atom is -0.457 e. The molecule has 4 N–H and O–H groups in total. The lowest BCUT2D eigenvalue weighted by Gasteiger charge is -2.40. The summed E-state index contributed by atoms with van der Waals surface area (Å²) in [6, 6.07) is 52.5. The van der Waals surface area contributed by atoms with Crippen LogP contribution in [0.3, 0.4) is 0 Å². The predicted octanol–water partition coefficient (Wildman–Crippen LogP) is 9.69. The molecule has 0 fully saturated rings. The Labute approximate surface area is 293 Å². The van der Waals surface area contributed by atoms with Gasteiger partial charge in [-0.1, -0.05) is 146 Å². The van der Waals surface area contributed by atoms with E-state index in [4.69, 9.17) is 21.2 Å². The molecule has 2 aliphatic rings. The highest BCUT2D eigenvalue weighted by molar-refractivity contribution is 6.12. The Balaban J connectivity index is 1.16. The average molecular weight is 648 g/mol. The Morgan fingerprint density at radius 2 is 1.24 bits per heavy atom. The van der Waals surface area contributed by atoms with E-state index >= 15 is 0 Å². The third-order valence-corrected chi connectivity index (χ3v) is 9.63. The summed E-state index contributed by atoms with van der Waals surface area (Å²) in [5.74, 6) is 1.74. The van der Waals surface area contributed by atoms with Crippen LogP contribution >= 0.6 is 0 Å². The molecule has 242 valence electrons. The van der Waals surface area contributed by atoms with E-state index in [-0.39, 0.29) is 0 Å². The van der Waals surface area contributed by atoms with Gasteiger partial charge in [-0.3, -0.25) is 4.99 Å². The van der Waals surface area contributed by atoms with Gasteiger partial charge >= 0.3 is 0 Å². The molecule has 4 heteroatoms. The fourth-order valence-electron chi connectivity index (χ4n) is 7.25. The summed E-state index contributed by atoms with van der Waals surface area (Å²) in [6.07, 6.45) is 8.49. The highest BCUT2D eigenvalue weighted by atomic mass is 16.5. The summed E-state index contributed by atoms with van der Waals surface area (Å²) in [5.41, 5.74) is 24.8. The minimum atomic E-state index is -0.528. The van der Waals surface area contributed by atoms with Crippen LogP contribution in [0.4, 0.5) is 0 Å². The van der Waals surface area contributed by atoms with Crippen molar-refractivity contribution in [3.8, 4) is 22.6 Å². The largest absolute Gasteiger partial charge is 0.457 e. The molecule has 8 rings (SSSR count). The summed E-state index contributed by atoms with van der Waals surface area (Å²) in [6.45, 7) is 0.999. The van der Waals surface area contributed by atoms with E-state index < -0.39 is 5.41 Å². The lowest BCUT2D eigenvalue weighted by atomic mass is 9.65. The van der Waals surface area contributed by atoms with E-state index in [2.05, 4.69) is 103 Å². The SMILES string of the molecule is NC/C=C\C1=Cc2ccc(-c3ccc(C/N=C(\C=C(/N)c4ccccc4)c4ccccc4)cc3)cc2C12c1ccccc1Oc1ccccc12. The van der Waals surface area contributed by atoms with Crippen LogP contribution in [0.5, 0.6) is 11.5 Å². The molecule has 0 saturated heterocycles. The zero-order valence-corrected chi connectivity index (χ0v) is 27.7. The second kappa shape index (κ2) is 13.3. The van der Waals surface area contributed by atoms with E-state index in [1.165, 1.54) is 16.7 Å². The first-order valence-electron chi connectivity index (χ1n) is 17.0. The summed E-state index contributed by atoms with van der Waals surface area (Å²) >= 11 is 0. The highest BCUT2D eigenvalue weighted by Gasteiger charge is 2.49. The Bertz CT molecular complexity index is 2250. The van der Waals surface area contributed by atoms with Crippen molar-refractivity contribution in [2.45, 2.75) is 12.0 Å². The number of fused-ring (bicyclic) bond motifs is 6. The van der Waals surface area contributed by atoms with Gasteiger partial charge < -0.3 is 16.2 Å². The molecule has 0 amide bonds. The molecule has 0 aromatic heterocycles. The number of rotatable bonds is 8. The first kappa shape index (κ1) is 31.1. The molecule has 1 spiro atoms. The van der Waals surface area contributed by atoms with Gasteiger partial charge in [-0.05, 0) is 74.9 Å². The molecule has 6 aromatic carbocycles. The first-order valence-corrected chi connectivity index (χ1v) is 17.0. The number of allylic oxidation sites excluding steroid dienone is 3. The molecule has 50 heavy (non-hydrogen) atoms. The molecule has 0 unspecified atom stereocenters. The number of ether oxygens (including phenoxy) is 1. The second-order valence-electron chi connectivity index (χ2n) is 12.6. The average Bonchev–Trinajstić information content (AvgIpc) is 3.50. The molecule has 1 heterocycles. The van der Waals surface area contributed by atoms with Crippen molar-refractivity contribution in [1.29, 1.82) is 0 Å². The van der Waals surface area contributed by atoms with E-state index in [1.54, 1.807) is 0 Å². The van der Waals surface area contributed by atoms with Gasteiger partial charge in [0.2, 0.25) is 0 Å². The molecule has 4 nitrogen and oxygen atoms in total. The van der Waals surface area contributed by atoms with Crippen molar-refractivity contribution in [3.05, 3.63) is 214 Å². The van der Waals surface area contributed by atoms with Gasteiger partial charge in [-0.2, -0.15) is 0 Å². The van der Waals surface area contributed by atoms with Crippen molar-refractivity contribution < 1.29 is 4.74 Å². The van der Waals surface area contributed by atoms with Crippen molar-refractivity contribution in [2.24, 2.45) is 16.5 Å². The number of nitrogens with two attached hydrogens (primary N) is 2. The number of benzene rings is 6. The zero-order chi connectivity index (χ0) is 33.9. The van der Waals surface area contributed by atoms with Gasteiger partial charge in [-0.25, -0.2) is 0 Å². The van der Waals surface area contributed by atoms with Crippen molar-refractivity contribution >= 4 is 17.5 Å². The lowest BCUT2D eigenvalue weighted by Crippen LogP contribution is -2.32. The molecule has 0 radical (unpaired) electrons. The Morgan fingerprint density at radius 1 is 0.640 bits per heavy atom. The maximum atomic E-state index is 6.52. The van der Waals surface area contributed by atoms with Crippen molar-refractivity contribution in [2.75, 3.05) is 6.54 Å². The molecular weight excluding hydrogens is 611 g/mol. The quantitative estimate of drug-likeness (QED) is 0.162. The van der Waals surface area contributed by atoms with Gasteiger partial charge in [0, 0.05) is 23.4 Å². The van der Waals surface area contributed by atoms with Gasteiger partial charge in [0.05, 0.1) is 17.7 Å². The van der Waals surface area contributed by atoms with Crippen LogP contribution in [0.15, 0.2) is 180 Å². The second-order valence-corrected chi connectivity index (χ2v) is 12.6. The highest BCUT2D eigenvalue weighted by Crippen LogP contribution is 2.59. The first-order chi connectivity index (χ1) is 24.6. The topological polar surface area (TPSA) is 73.6 Å². The van der Waals surface area contributed by atoms with Crippen LogP contribution in [-0.2, 0) is 12.0 Å². The van der Waals surface area contributed by atoms with E-state index in [1.807, 2.05) is 72.8 Å². The fourth-order valence-corrected chi connectivity index (χ4v) is 7.25. The van der Waals surface area contributed by atoms with Gasteiger partial charge in [0.15, 0.2) is 0 Å². The maximum Gasteiger partial charge on any atom is 0.132 e. The molecule has 0 atom stereocenters. The summed E-state index contributed by atoms with van der Waals surface area (Å²) in [7, 11) is 0. The number of aliphatic imine (C=N–C) groups is 1. The van der Waals surface area contributed by atoms with Crippen LogP contribution in [0, 0.1) is 0 Å². The monoisotopic (exact) mass is 647 g/mol. The standard InChI is InChI=1S/C46H37N3O/c47-27-11-16-38-28-37-26-25-36(29-41(37)46(38)39-17-7-9-19-44(39)50-45-20-10-8-18-40(45)46)33-23-21-32(22-24-33)31-49-43(35-14-5-2-6-15-35)30-42(48)34-12-3-1-4-13-34/h1-26,28-30H,27,31,47-48H2/b16-11-,42-30-,49-43+.